The van der Waals surface area contributed by atoms with E-state index in [1.807, 2.05) is 12.1 Å². The number of nitriles is 1. The average Bonchev–Trinajstić information content (AvgIpc) is 2.46. The average molecular weight is 262 g/mol. The molecule has 3 N–H and O–H groups in total. The molecule has 1 fully saturated rings. The third-order valence-corrected chi connectivity index (χ3v) is 3.23. The predicted octanol–water partition coefficient (Wildman–Crippen LogP) is 0.513. The maximum Gasteiger partial charge on any atom is 0.165 e. The van der Waals surface area contributed by atoms with Crippen LogP contribution >= 0.6 is 0 Å². The summed E-state index contributed by atoms with van der Waals surface area (Å²) < 4.78 is 5.51. The van der Waals surface area contributed by atoms with Gasteiger partial charge in [-0.15, -0.1) is 0 Å². The van der Waals surface area contributed by atoms with Crippen molar-refractivity contribution in [1.82, 2.24) is 4.98 Å². The quantitative estimate of drug-likeness (QED) is 0.821. The largest absolute Gasteiger partial charge is 0.396 e. The van der Waals surface area contributed by atoms with Crippen molar-refractivity contribution in [2.45, 2.75) is 18.9 Å². The van der Waals surface area contributed by atoms with Gasteiger partial charge in [-0.05, 0) is 25.0 Å². The zero-order valence-corrected chi connectivity index (χ0v) is 10.7. The molecule has 0 bridgehead atoms. The van der Waals surface area contributed by atoms with Gasteiger partial charge in [-0.2, -0.15) is 5.26 Å². The normalized spacial score (nSPS) is 16.3. The van der Waals surface area contributed by atoms with Gasteiger partial charge in [0.05, 0.1) is 25.0 Å². The number of aromatic nitrogens is 1. The molecule has 1 aliphatic rings. The van der Waals surface area contributed by atoms with E-state index in [9.17, 15) is 0 Å². The lowest BCUT2D eigenvalue weighted by atomic mass is 10.1. The molecule has 0 radical (unpaired) electrons. The van der Waals surface area contributed by atoms with Gasteiger partial charge in [0, 0.05) is 13.1 Å². The third-order valence-electron chi connectivity index (χ3n) is 3.23. The Morgan fingerprint density at radius 3 is 2.84 bits per heavy atom. The van der Waals surface area contributed by atoms with Crippen molar-refractivity contribution in [2.24, 2.45) is 0 Å². The maximum atomic E-state index is 8.93. The van der Waals surface area contributed by atoms with Crippen molar-refractivity contribution < 1.29 is 9.84 Å². The van der Waals surface area contributed by atoms with Crippen LogP contribution < -0.4 is 10.6 Å². The number of nitrogens with zero attached hydrogens (tertiary/aromatic N) is 3. The molecule has 19 heavy (non-hydrogen) atoms. The van der Waals surface area contributed by atoms with E-state index in [1.165, 1.54) is 0 Å². The van der Waals surface area contributed by atoms with E-state index >= 15 is 0 Å². The van der Waals surface area contributed by atoms with Crippen molar-refractivity contribution >= 4 is 11.5 Å². The number of aliphatic hydroxyl groups is 1. The van der Waals surface area contributed by atoms with Gasteiger partial charge in [-0.3, -0.25) is 0 Å². The molecular weight excluding hydrogens is 244 g/mol. The summed E-state index contributed by atoms with van der Waals surface area (Å²) in [5.41, 5.74) is 6.34. The SMILES string of the molecule is N#Cc1nc(N2CCC(OCCO)CC2)ccc1N. The van der Waals surface area contributed by atoms with Gasteiger partial charge in [0.2, 0.25) is 0 Å². The number of aliphatic hydroxyl groups excluding tert-OH is 1. The molecule has 0 aliphatic carbocycles. The fourth-order valence-corrected chi connectivity index (χ4v) is 2.20. The molecule has 1 saturated heterocycles. The number of hydrogen-bond acceptors (Lipinski definition) is 6. The van der Waals surface area contributed by atoms with E-state index in [4.69, 9.17) is 20.8 Å². The highest BCUT2D eigenvalue weighted by atomic mass is 16.5. The Morgan fingerprint density at radius 2 is 2.21 bits per heavy atom. The minimum absolute atomic E-state index is 0.0608. The number of piperidine rings is 1. The van der Waals surface area contributed by atoms with Crippen LogP contribution in [0.25, 0.3) is 0 Å². The molecule has 1 aliphatic heterocycles. The Morgan fingerprint density at radius 1 is 1.47 bits per heavy atom. The monoisotopic (exact) mass is 262 g/mol. The maximum absolute atomic E-state index is 8.93. The summed E-state index contributed by atoms with van der Waals surface area (Å²) in [5, 5.41) is 17.6. The predicted molar refractivity (Wildman–Crippen MR) is 71.6 cm³/mol. The number of ether oxygens (including phenoxy) is 1. The minimum atomic E-state index is 0.0608. The molecule has 2 heterocycles. The van der Waals surface area contributed by atoms with E-state index in [0.717, 1.165) is 31.7 Å². The number of nitrogen functional groups attached to an aromatic ring is 1. The molecular formula is C13H18N4O2. The molecule has 6 nitrogen and oxygen atoms in total. The molecule has 0 unspecified atom stereocenters. The summed E-state index contributed by atoms with van der Waals surface area (Å²) in [6.07, 6.45) is 2.00. The molecule has 1 aromatic heterocycles. The second kappa shape index (κ2) is 6.36. The number of pyridine rings is 1. The van der Waals surface area contributed by atoms with Crippen LogP contribution in [-0.4, -0.2) is 42.5 Å². The van der Waals surface area contributed by atoms with Crippen molar-refractivity contribution in [3.8, 4) is 6.07 Å². The molecule has 0 atom stereocenters. The fraction of sp³-hybridized carbons (Fsp3) is 0.538. The fourth-order valence-electron chi connectivity index (χ4n) is 2.20. The van der Waals surface area contributed by atoms with Crippen molar-refractivity contribution in [3.05, 3.63) is 17.8 Å². The molecule has 2 rings (SSSR count). The van der Waals surface area contributed by atoms with Crippen molar-refractivity contribution in [3.63, 3.8) is 0 Å². The zero-order chi connectivity index (χ0) is 13.7. The molecule has 0 spiro atoms. The van der Waals surface area contributed by atoms with Gasteiger partial charge in [0.25, 0.3) is 0 Å². The third kappa shape index (κ3) is 3.34. The molecule has 0 saturated carbocycles. The smallest absolute Gasteiger partial charge is 0.165 e. The highest BCUT2D eigenvalue weighted by Gasteiger charge is 2.20. The first-order valence-corrected chi connectivity index (χ1v) is 6.38. The van der Waals surface area contributed by atoms with E-state index in [-0.39, 0.29) is 18.4 Å². The van der Waals surface area contributed by atoms with Crippen molar-refractivity contribution in [1.29, 1.82) is 5.26 Å². The van der Waals surface area contributed by atoms with Crippen LogP contribution in [-0.2, 0) is 4.74 Å². The summed E-state index contributed by atoms with van der Waals surface area (Å²) in [5.74, 6) is 0.784. The van der Waals surface area contributed by atoms with Crippen LogP contribution in [0.5, 0.6) is 0 Å². The van der Waals surface area contributed by atoms with Gasteiger partial charge >= 0.3 is 0 Å². The number of nitrogens with two attached hydrogens (primary N) is 1. The number of anilines is 2. The zero-order valence-electron chi connectivity index (χ0n) is 10.7. The van der Waals surface area contributed by atoms with Crippen LogP contribution in [0.3, 0.4) is 0 Å². The van der Waals surface area contributed by atoms with Gasteiger partial charge in [0.1, 0.15) is 11.9 Å². The van der Waals surface area contributed by atoms with E-state index in [0.29, 0.717) is 12.3 Å². The minimum Gasteiger partial charge on any atom is -0.396 e. The van der Waals surface area contributed by atoms with Crippen LogP contribution in [0.2, 0.25) is 0 Å². The van der Waals surface area contributed by atoms with Crippen LogP contribution in [0, 0.1) is 11.3 Å². The standard InChI is InChI=1S/C13H18N4O2/c14-9-12-11(15)1-2-13(16-12)17-5-3-10(4-6-17)19-8-7-18/h1-2,10,18H,3-8,15H2. The number of hydrogen-bond donors (Lipinski definition) is 2. The van der Waals surface area contributed by atoms with Gasteiger partial charge in [-0.25, -0.2) is 4.98 Å². The van der Waals surface area contributed by atoms with E-state index in [1.54, 1.807) is 6.07 Å². The first-order chi connectivity index (χ1) is 9.24. The Bertz CT molecular complexity index is 464. The first-order valence-electron chi connectivity index (χ1n) is 6.38. The Hall–Kier alpha value is -1.84. The Balaban J connectivity index is 1.96. The highest BCUT2D eigenvalue weighted by Crippen LogP contribution is 2.21. The van der Waals surface area contributed by atoms with Crippen LogP contribution in [0.4, 0.5) is 11.5 Å². The molecule has 1 aromatic rings. The van der Waals surface area contributed by atoms with Gasteiger partial charge in [-0.1, -0.05) is 0 Å². The molecule has 0 amide bonds. The van der Waals surface area contributed by atoms with Gasteiger partial charge < -0.3 is 20.5 Å². The number of rotatable bonds is 4. The Kier molecular flexibility index (Phi) is 4.55. The van der Waals surface area contributed by atoms with E-state index < -0.39 is 0 Å². The van der Waals surface area contributed by atoms with Crippen LogP contribution in [0.1, 0.15) is 18.5 Å². The lowest BCUT2D eigenvalue weighted by Crippen LogP contribution is -2.37. The highest BCUT2D eigenvalue weighted by molar-refractivity contribution is 5.55. The lowest BCUT2D eigenvalue weighted by molar-refractivity contribution is 0.0158. The summed E-state index contributed by atoms with van der Waals surface area (Å²) >= 11 is 0. The van der Waals surface area contributed by atoms with Crippen LogP contribution in [0.15, 0.2) is 12.1 Å². The summed E-state index contributed by atoms with van der Waals surface area (Å²) in [4.78, 5) is 6.38. The second-order valence-corrected chi connectivity index (χ2v) is 4.50. The summed E-state index contributed by atoms with van der Waals surface area (Å²) in [6.45, 7) is 2.12. The first kappa shape index (κ1) is 13.6. The molecule has 0 aromatic carbocycles. The summed E-state index contributed by atoms with van der Waals surface area (Å²) in [6, 6.07) is 5.55. The van der Waals surface area contributed by atoms with Gasteiger partial charge in [0.15, 0.2) is 5.69 Å². The topological polar surface area (TPSA) is 95.4 Å². The Labute approximate surface area is 112 Å². The van der Waals surface area contributed by atoms with Crippen molar-refractivity contribution in [2.75, 3.05) is 36.9 Å². The summed E-state index contributed by atoms with van der Waals surface area (Å²) in [7, 11) is 0. The molecule has 6 heteroatoms. The second-order valence-electron chi connectivity index (χ2n) is 4.50. The lowest BCUT2D eigenvalue weighted by Gasteiger charge is -2.32. The molecule has 102 valence electrons. The van der Waals surface area contributed by atoms with E-state index in [2.05, 4.69) is 9.88 Å².